The molecular formula is C20H18FN5O3. The Morgan fingerprint density at radius 1 is 1.21 bits per heavy atom. The second-order valence-corrected chi connectivity index (χ2v) is 6.90. The number of tetrazole rings is 1. The molecule has 0 spiro atoms. The zero-order valence-corrected chi connectivity index (χ0v) is 15.4. The smallest absolute Gasteiger partial charge is 0.335 e. The maximum atomic E-state index is 14.3. The topological polar surface area (TPSA) is 110 Å². The van der Waals surface area contributed by atoms with Gasteiger partial charge in [-0.05, 0) is 59.5 Å². The van der Waals surface area contributed by atoms with Gasteiger partial charge in [-0.25, -0.2) is 9.18 Å². The van der Waals surface area contributed by atoms with Gasteiger partial charge in [-0.1, -0.05) is 18.2 Å². The number of aryl methyl sites for hydroxylation is 1. The summed E-state index contributed by atoms with van der Waals surface area (Å²) in [7, 11) is 0. The Labute approximate surface area is 165 Å². The van der Waals surface area contributed by atoms with Crippen molar-refractivity contribution in [1.82, 2.24) is 20.2 Å². The Kier molecular flexibility index (Phi) is 5.03. The molecule has 1 heterocycles. The van der Waals surface area contributed by atoms with E-state index in [1.54, 1.807) is 18.2 Å². The number of amides is 1. The summed E-state index contributed by atoms with van der Waals surface area (Å²) in [6.07, 6.45) is 2.31. The van der Waals surface area contributed by atoms with Gasteiger partial charge in [0, 0.05) is 18.0 Å². The molecule has 0 saturated heterocycles. The highest BCUT2D eigenvalue weighted by atomic mass is 19.1. The van der Waals surface area contributed by atoms with Crippen LogP contribution in [-0.2, 0) is 11.2 Å². The molecule has 3 aromatic rings. The highest BCUT2D eigenvalue weighted by Gasteiger charge is 2.30. The van der Waals surface area contributed by atoms with E-state index in [9.17, 15) is 19.1 Å². The Hall–Kier alpha value is -3.62. The quantitative estimate of drug-likeness (QED) is 0.636. The third-order valence-corrected chi connectivity index (χ3v) is 4.76. The fraction of sp³-hybridized carbons (Fsp3) is 0.250. The predicted octanol–water partition coefficient (Wildman–Crippen LogP) is 2.95. The molecule has 1 fully saturated rings. The Morgan fingerprint density at radius 2 is 2.00 bits per heavy atom. The number of carboxylic acids is 1. The van der Waals surface area contributed by atoms with Crippen LogP contribution >= 0.6 is 0 Å². The van der Waals surface area contributed by atoms with Crippen molar-refractivity contribution in [3.63, 3.8) is 0 Å². The van der Waals surface area contributed by atoms with Crippen LogP contribution in [-0.4, -0.2) is 37.2 Å². The van der Waals surface area contributed by atoms with Gasteiger partial charge in [0.25, 0.3) is 0 Å². The Bertz CT molecular complexity index is 1080. The molecule has 148 valence electrons. The van der Waals surface area contributed by atoms with E-state index in [2.05, 4.69) is 20.8 Å². The minimum Gasteiger partial charge on any atom is -0.478 e. The summed E-state index contributed by atoms with van der Waals surface area (Å²) in [5, 5.41) is 23.4. The van der Waals surface area contributed by atoms with Crippen molar-refractivity contribution >= 4 is 17.6 Å². The first-order valence-corrected chi connectivity index (χ1v) is 9.22. The molecule has 2 N–H and O–H groups in total. The van der Waals surface area contributed by atoms with Gasteiger partial charge in [-0.3, -0.25) is 4.79 Å². The number of carbonyl (C=O) groups is 2. The number of rotatable bonds is 7. The number of carboxylic acid groups (broad SMARTS) is 1. The van der Waals surface area contributed by atoms with Crippen molar-refractivity contribution in [2.75, 3.05) is 5.32 Å². The van der Waals surface area contributed by atoms with Crippen LogP contribution in [0.15, 0.2) is 42.5 Å². The molecule has 1 aromatic heterocycles. The summed E-state index contributed by atoms with van der Waals surface area (Å²) < 4.78 is 15.7. The lowest BCUT2D eigenvalue weighted by Crippen LogP contribution is -2.14. The van der Waals surface area contributed by atoms with E-state index in [4.69, 9.17) is 0 Å². The zero-order valence-electron chi connectivity index (χ0n) is 15.4. The average Bonchev–Trinajstić information content (AvgIpc) is 3.45. The SMILES string of the molecule is O=C(CCc1ccccc1C(=O)O)Nc1ccc(F)c(-n2nnnc2C2CC2)c1. The van der Waals surface area contributed by atoms with Crippen LogP contribution in [0.3, 0.4) is 0 Å². The second-order valence-electron chi connectivity index (χ2n) is 6.90. The lowest BCUT2D eigenvalue weighted by atomic mass is 10.0. The number of benzene rings is 2. The number of carbonyl (C=O) groups excluding carboxylic acids is 1. The minimum absolute atomic E-state index is 0.0925. The monoisotopic (exact) mass is 395 g/mol. The maximum Gasteiger partial charge on any atom is 0.335 e. The fourth-order valence-corrected chi connectivity index (χ4v) is 3.13. The highest BCUT2D eigenvalue weighted by Crippen LogP contribution is 2.39. The summed E-state index contributed by atoms with van der Waals surface area (Å²) in [5.41, 5.74) is 1.34. The molecule has 1 amide bonds. The fourth-order valence-electron chi connectivity index (χ4n) is 3.13. The van der Waals surface area contributed by atoms with Crippen molar-refractivity contribution in [2.24, 2.45) is 0 Å². The molecule has 4 rings (SSSR count). The van der Waals surface area contributed by atoms with Crippen LogP contribution in [0, 0.1) is 5.82 Å². The van der Waals surface area contributed by atoms with Crippen molar-refractivity contribution in [3.05, 3.63) is 65.2 Å². The third-order valence-electron chi connectivity index (χ3n) is 4.76. The molecule has 0 bridgehead atoms. The first-order chi connectivity index (χ1) is 14.0. The van der Waals surface area contributed by atoms with Crippen LogP contribution in [0.4, 0.5) is 10.1 Å². The first-order valence-electron chi connectivity index (χ1n) is 9.22. The van der Waals surface area contributed by atoms with Gasteiger partial charge in [-0.2, -0.15) is 4.68 Å². The van der Waals surface area contributed by atoms with Gasteiger partial charge in [-0.15, -0.1) is 5.10 Å². The molecule has 8 nitrogen and oxygen atoms in total. The summed E-state index contributed by atoms with van der Waals surface area (Å²) in [5.74, 6) is -0.985. The van der Waals surface area contributed by atoms with Crippen molar-refractivity contribution in [2.45, 2.75) is 31.6 Å². The second kappa shape index (κ2) is 7.78. The van der Waals surface area contributed by atoms with Crippen LogP contribution in [0.25, 0.3) is 5.69 Å². The molecule has 9 heteroatoms. The van der Waals surface area contributed by atoms with Gasteiger partial charge < -0.3 is 10.4 Å². The Morgan fingerprint density at radius 3 is 2.76 bits per heavy atom. The molecule has 1 aliphatic carbocycles. The normalized spacial score (nSPS) is 13.3. The van der Waals surface area contributed by atoms with Crippen molar-refractivity contribution in [3.8, 4) is 5.69 Å². The van der Waals surface area contributed by atoms with E-state index in [0.29, 0.717) is 17.1 Å². The number of anilines is 1. The average molecular weight is 395 g/mol. The number of aromatic carboxylic acids is 1. The molecule has 0 radical (unpaired) electrons. The van der Waals surface area contributed by atoms with Crippen LogP contribution in [0.2, 0.25) is 0 Å². The molecule has 2 aromatic carbocycles. The predicted molar refractivity (Wildman–Crippen MR) is 101 cm³/mol. The number of nitrogens with zero attached hydrogens (tertiary/aromatic N) is 4. The van der Waals surface area contributed by atoms with Gasteiger partial charge in [0.2, 0.25) is 5.91 Å². The number of aromatic nitrogens is 4. The van der Waals surface area contributed by atoms with E-state index in [1.807, 2.05) is 0 Å². The summed E-state index contributed by atoms with van der Waals surface area (Å²) in [4.78, 5) is 23.6. The highest BCUT2D eigenvalue weighted by molar-refractivity contribution is 5.92. The third kappa shape index (κ3) is 4.13. The summed E-state index contributed by atoms with van der Waals surface area (Å²) >= 11 is 0. The van der Waals surface area contributed by atoms with E-state index in [0.717, 1.165) is 12.8 Å². The number of halogens is 1. The molecule has 0 unspecified atom stereocenters. The lowest BCUT2D eigenvalue weighted by Gasteiger charge is -2.10. The number of hydrogen-bond acceptors (Lipinski definition) is 5. The van der Waals surface area contributed by atoms with Crippen LogP contribution in [0.5, 0.6) is 0 Å². The Balaban J connectivity index is 1.47. The molecule has 1 aliphatic rings. The van der Waals surface area contributed by atoms with E-state index < -0.39 is 11.8 Å². The van der Waals surface area contributed by atoms with Gasteiger partial charge in [0.05, 0.1) is 5.56 Å². The van der Waals surface area contributed by atoms with E-state index in [1.165, 1.54) is 28.9 Å². The van der Waals surface area contributed by atoms with E-state index in [-0.39, 0.29) is 35.9 Å². The van der Waals surface area contributed by atoms with E-state index >= 15 is 0 Å². The first kappa shape index (κ1) is 18.7. The lowest BCUT2D eigenvalue weighted by molar-refractivity contribution is -0.116. The largest absolute Gasteiger partial charge is 0.478 e. The summed E-state index contributed by atoms with van der Waals surface area (Å²) in [6.45, 7) is 0. The number of nitrogens with one attached hydrogen (secondary N) is 1. The van der Waals surface area contributed by atoms with Crippen molar-refractivity contribution < 1.29 is 19.1 Å². The standard InChI is InChI=1S/C20H18FN5O3/c21-16-9-8-14(11-17(16)26-19(13-5-6-13)23-24-25-26)22-18(27)10-7-12-3-1-2-4-15(12)20(28)29/h1-4,8-9,11,13H,5-7,10H2,(H,22,27)(H,28,29). The maximum absolute atomic E-state index is 14.3. The van der Waals surface area contributed by atoms with Gasteiger partial charge in [0.1, 0.15) is 11.5 Å². The van der Waals surface area contributed by atoms with Crippen molar-refractivity contribution in [1.29, 1.82) is 0 Å². The molecular weight excluding hydrogens is 377 g/mol. The van der Waals surface area contributed by atoms with Crippen LogP contribution < -0.4 is 5.32 Å². The van der Waals surface area contributed by atoms with Gasteiger partial charge in [0.15, 0.2) is 5.82 Å². The summed E-state index contributed by atoms with van der Waals surface area (Å²) in [6, 6.07) is 10.8. The zero-order chi connectivity index (χ0) is 20.4. The molecule has 29 heavy (non-hydrogen) atoms. The molecule has 0 aliphatic heterocycles. The number of hydrogen-bond donors (Lipinski definition) is 2. The minimum atomic E-state index is -1.03. The van der Waals surface area contributed by atoms with Gasteiger partial charge >= 0.3 is 5.97 Å². The molecule has 0 atom stereocenters. The van der Waals surface area contributed by atoms with Crippen LogP contribution in [0.1, 0.15) is 46.9 Å². The molecule has 1 saturated carbocycles.